The van der Waals surface area contributed by atoms with E-state index in [4.69, 9.17) is 4.74 Å². The van der Waals surface area contributed by atoms with Crippen LogP contribution in [-0.2, 0) is 4.74 Å². The first-order valence-corrected chi connectivity index (χ1v) is 7.45. The Labute approximate surface area is 130 Å². The van der Waals surface area contributed by atoms with Crippen molar-refractivity contribution in [3.8, 4) is 0 Å². The van der Waals surface area contributed by atoms with Crippen molar-refractivity contribution in [2.45, 2.75) is 5.92 Å². The van der Waals surface area contributed by atoms with Crippen molar-refractivity contribution >= 4 is 6.09 Å². The molecule has 1 saturated heterocycles. The lowest BCUT2D eigenvalue weighted by molar-refractivity contribution is 0.160. The minimum atomic E-state index is -0.249. The van der Waals surface area contributed by atoms with Crippen LogP contribution in [0.25, 0.3) is 0 Å². The predicted octanol–water partition coefficient (Wildman–Crippen LogP) is 3.83. The molecule has 1 heterocycles. The molecule has 1 fully saturated rings. The molecule has 1 aliphatic rings. The predicted molar refractivity (Wildman–Crippen MR) is 86.8 cm³/mol. The quantitative estimate of drug-likeness (QED) is 0.784. The van der Waals surface area contributed by atoms with E-state index in [2.05, 4.69) is 30.8 Å². The Kier molecular flexibility index (Phi) is 4.24. The van der Waals surface area contributed by atoms with E-state index in [-0.39, 0.29) is 12.0 Å². The van der Waals surface area contributed by atoms with Crippen LogP contribution in [0, 0.1) is 0 Å². The molecule has 22 heavy (non-hydrogen) atoms. The molecule has 0 radical (unpaired) electrons. The van der Waals surface area contributed by atoms with Gasteiger partial charge in [0, 0.05) is 12.5 Å². The van der Waals surface area contributed by atoms with Gasteiger partial charge >= 0.3 is 6.09 Å². The minimum Gasteiger partial charge on any atom is -0.448 e. The molecule has 1 amide bonds. The normalized spacial score (nSPS) is 14.2. The second kappa shape index (κ2) is 6.48. The molecule has 0 unspecified atom stereocenters. The summed E-state index contributed by atoms with van der Waals surface area (Å²) in [5.41, 5.74) is 3.37. The Hall–Kier alpha value is -2.55. The maximum Gasteiger partial charge on any atom is 0.410 e. The van der Waals surface area contributed by atoms with Crippen LogP contribution in [0.3, 0.4) is 0 Å². The summed E-state index contributed by atoms with van der Waals surface area (Å²) in [5, 5.41) is 0. The molecule has 1 aliphatic heterocycles. The van der Waals surface area contributed by atoms with Crippen LogP contribution < -0.4 is 0 Å². The summed E-state index contributed by atoms with van der Waals surface area (Å²) in [6, 6.07) is 20.5. The van der Waals surface area contributed by atoms with Gasteiger partial charge in [-0.1, -0.05) is 67.2 Å². The van der Waals surface area contributed by atoms with Crippen LogP contribution >= 0.6 is 0 Å². The highest BCUT2D eigenvalue weighted by atomic mass is 16.6. The molecule has 0 aliphatic carbocycles. The van der Waals surface area contributed by atoms with Crippen molar-refractivity contribution < 1.29 is 9.53 Å². The highest BCUT2D eigenvalue weighted by molar-refractivity contribution is 5.69. The van der Waals surface area contributed by atoms with Crippen LogP contribution in [0.15, 0.2) is 72.8 Å². The number of ether oxygens (including phenoxy) is 1. The number of amides is 1. The number of rotatable bonds is 5. The van der Waals surface area contributed by atoms with Gasteiger partial charge < -0.3 is 9.64 Å². The maximum atomic E-state index is 11.7. The van der Waals surface area contributed by atoms with E-state index in [9.17, 15) is 4.79 Å². The first kappa shape index (κ1) is 14.4. The van der Waals surface area contributed by atoms with Gasteiger partial charge in [0.2, 0.25) is 0 Å². The standard InChI is InChI=1S/C19H19NO2/c1-15(14-20-12-13-22-19(20)21)18(16-8-4-2-5-9-16)17-10-6-3-7-11-17/h2-11,18H,1,12-14H2. The Morgan fingerprint density at radius 3 is 2.05 bits per heavy atom. The summed E-state index contributed by atoms with van der Waals surface area (Å²) >= 11 is 0. The Bertz CT molecular complexity index is 612. The highest BCUT2D eigenvalue weighted by Crippen LogP contribution is 2.31. The first-order chi connectivity index (χ1) is 10.8. The van der Waals surface area contributed by atoms with Crippen LogP contribution in [0.4, 0.5) is 4.79 Å². The molecule has 3 heteroatoms. The van der Waals surface area contributed by atoms with Gasteiger partial charge in [0.1, 0.15) is 6.61 Å². The number of hydrogen-bond acceptors (Lipinski definition) is 2. The monoisotopic (exact) mass is 293 g/mol. The van der Waals surface area contributed by atoms with Crippen molar-refractivity contribution in [3.63, 3.8) is 0 Å². The van der Waals surface area contributed by atoms with E-state index in [0.29, 0.717) is 19.7 Å². The van der Waals surface area contributed by atoms with Crippen molar-refractivity contribution in [2.75, 3.05) is 19.7 Å². The number of hydrogen-bond donors (Lipinski definition) is 0. The molecule has 112 valence electrons. The summed E-state index contributed by atoms with van der Waals surface area (Å²) < 4.78 is 5.00. The molecule has 3 rings (SSSR count). The fourth-order valence-corrected chi connectivity index (χ4v) is 2.86. The molecule has 0 atom stereocenters. The van der Waals surface area contributed by atoms with Gasteiger partial charge in [-0.15, -0.1) is 0 Å². The molecule has 0 bridgehead atoms. The zero-order chi connectivity index (χ0) is 15.4. The molecule has 0 aromatic heterocycles. The molecular formula is C19H19NO2. The van der Waals surface area contributed by atoms with E-state index in [1.54, 1.807) is 4.90 Å². The summed E-state index contributed by atoms with van der Waals surface area (Å²) in [7, 11) is 0. The van der Waals surface area contributed by atoms with Gasteiger partial charge in [0.05, 0.1) is 6.54 Å². The summed E-state index contributed by atoms with van der Waals surface area (Å²) in [6.45, 7) is 5.88. The fourth-order valence-electron chi connectivity index (χ4n) is 2.86. The van der Waals surface area contributed by atoms with E-state index in [0.717, 1.165) is 5.57 Å². The van der Waals surface area contributed by atoms with Crippen molar-refractivity contribution in [3.05, 3.63) is 83.9 Å². The second-order valence-corrected chi connectivity index (χ2v) is 5.45. The topological polar surface area (TPSA) is 29.5 Å². The molecule has 0 spiro atoms. The van der Waals surface area contributed by atoms with Crippen molar-refractivity contribution in [1.29, 1.82) is 0 Å². The van der Waals surface area contributed by atoms with Gasteiger partial charge in [-0.2, -0.15) is 0 Å². The van der Waals surface area contributed by atoms with Gasteiger partial charge in [-0.25, -0.2) is 4.79 Å². The van der Waals surface area contributed by atoms with Crippen LogP contribution in [0.5, 0.6) is 0 Å². The van der Waals surface area contributed by atoms with Gasteiger partial charge in [0.15, 0.2) is 0 Å². The Morgan fingerprint density at radius 2 is 1.59 bits per heavy atom. The summed E-state index contributed by atoms with van der Waals surface area (Å²) in [6.07, 6.45) is -0.249. The molecule has 2 aromatic carbocycles. The highest BCUT2D eigenvalue weighted by Gasteiger charge is 2.26. The zero-order valence-corrected chi connectivity index (χ0v) is 12.4. The average Bonchev–Trinajstić information content (AvgIpc) is 2.95. The van der Waals surface area contributed by atoms with E-state index in [1.807, 2.05) is 36.4 Å². The lowest BCUT2D eigenvalue weighted by Gasteiger charge is -2.24. The smallest absolute Gasteiger partial charge is 0.410 e. The number of carbonyl (C=O) groups is 1. The first-order valence-electron chi connectivity index (χ1n) is 7.45. The maximum absolute atomic E-state index is 11.7. The minimum absolute atomic E-state index is 0.0794. The SMILES string of the molecule is C=C(CN1CCOC1=O)C(c1ccccc1)c1ccccc1. The lowest BCUT2D eigenvalue weighted by Crippen LogP contribution is -2.28. The second-order valence-electron chi connectivity index (χ2n) is 5.45. The largest absolute Gasteiger partial charge is 0.448 e. The Balaban J connectivity index is 1.88. The molecule has 3 nitrogen and oxygen atoms in total. The van der Waals surface area contributed by atoms with Crippen LogP contribution in [0.2, 0.25) is 0 Å². The summed E-state index contributed by atoms with van der Waals surface area (Å²) in [5.74, 6) is 0.0794. The zero-order valence-electron chi connectivity index (χ0n) is 12.4. The van der Waals surface area contributed by atoms with Crippen LogP contribution in [0.1, 0.15) is 17.0 Å². The van der Waals surface area contributed by atoms with E-state index >= 15 is 0 Å². The number of carbonyl (C=O) groups excluding carboxylic acids is 1. The van der Waals surface area contributed by atoms with Gasteiger partial charge in [-0.3, -0.25) is 0 Å². The Morgan fingerprint density at radius 1 is 1.05 bits per heavy atom. The fraction of sp³-hybridized carbons (Fsp3) is 0.211. The van der Waals surface area contributed by atoms with Crippen molar-refractivity contribution in [1.82, 2.24) is 4.90 Å². The van der Waals surface area contributed by atoms with Crippen molar-refractivity contribution in [2.24, 2.45) is 0 Å². The van der Waals surface area contributed by atoms with Gasteiger partial charge in [0.25, 0.3) is 0 Å². The molecule has 2 aromatic rings. The third kappa shape index (κ3) is 3.03. The van der Waals surface area contributed by atoms with Gasteiger partial charge in [-0.05, 0) is 16.7 Å². The number of benzene rings is 2. The number of cyclic esters (lactones) is 1. The third-order valence-electron chi connectivity index (χ3n) is 3.91. The van der Waals surface area contributed by atoms with E-state index < -0.39 is 0 Å². The molecular weight excluding hydrogens is 274 g/mol. The summed E-state index contributed by atoms with van der Waals surface area (Å²) in [4.78, 5) is 13.4. The average molecular weight is 293 g/mol. The molecule has 0 N–H and O–H groups in total. The molecule has 0 saturated carbocycles. The lowest BCUT2D eigenvalue weighted by atomic mass is 9.85. The third-order valence-corrected chi connectivity index (χ3v) is 3.91. The van der Waals surface area contributed by atoms with E-state index in [1.165, 1.54) is 11.1 Å². The number of nitrogens with zero attached hydrogens (tertiary/aromatic N) is 1. The van der Waals surface area contributed by atoms with Crippen LogP contribution in [-0.4, -0.2) is 30.7 Å².